The minimum atomic E-state index is -0.419. The first-order valence-electron chi connectivity index (χ1n) is 5.29. The van der Waals surface area contributed by atoms with Gasteiger partial charge in [-0.15, -0.1) is 0 Å². The van der Waals surface area contributed by atoms with Gasteiger partial charge in [0.15, 0.2) is 0 Å². The summed E-state index contributed by atoms with van der Waals surface area (Å²) in [5, 5.41) is 11.8. The van der Waals surface area contributed by atoms with Crippen LogP contribution in [0.1, 0.15) is 11.3 Å². The highest BCUT2D eigenvalue weighted by atomic mass is 16.3. The Hall–Kier alpha value is -1.62. The Balaban J connectivity index is 2.18. The summed E-state index contributed by atoms with van der Waals surface area (Å²) in [4.78, 5) is 17.4. The fourth-order valence-electron chi connectivity index (χ4n) is 1.87. The standard InChI is InChI=1S/C11H15N3O2/c1-12-10-3-2-8-6-14(11(16)7-15)5-4-9(8)13-10/h2-3,15H,4-7H2,1H3,(H,12,13). The highest BCUT2D eigenvalue weighted by Gasteiger charge is 2.20. The van der Waals surface area contributed by atoms with Gasteiger partial charge in [-0.05, 0) is 11.6 Å². The van der Waals surface area contributed by atoms with Gasteiger partial charge in [-0.2, -0.15) is 0 Å². The van der Waals surface area contributed by atoms with Crippen molar-refractivity contribution in [3.63, 3.8) is 0 Å². The van der Waals surface area contributed by atoms with Crippen molar-refractivity contribution in [3.05, 3.63) is 23.4 Å². The first kappa shape index (κ1) is 10.9. The van der Waals surface area contributed by atoms with Crippen LogP contribution in [0.5, 0.6) is 0 Å². The van der Waals surface area contributed by atoms with Gasteiger partial charge < -0.3 is 15.3 Å². The molecule has 0 saturated heterocycles. The predicted octanol–water partition coefficient (Wildman–Crippen LogP) is 0.000300. The average Bonchev–Trinajstić information content (AvgIpc) is 2.36. The van der Waals surface area contributed by atoms with Crippen molar-refractivity contribution >= 4 is 11.7 Å². The van der Waals surface area contributed by atoms with Crippen LogP contribution in [0.2, 0.25) is 0 Å². The molecule has 16 heavy (non-hydrogen) atoms. The first-order valence-corrected chi connectivity index (χ1v) is 5.29. The molecule has 0 saturated carbocycles. The molecule has 0 radical (unpaired) electrons. The van der Waals surface area contributed by atoms with Gasteiger partial charge in [-0.3, -0.25) is 4.79 Å². The van der Waals surface area contributed by atoms with Gasteiger partial charge in [0.2, 0.25) is 5.91 Å². The molecule has 5 nitrogen and oxygen atoms in total. The second kappa shape index (κ2) is 4.49. The smallest absolute Gasteiger partial charge is 0.248 e. The van der Waals surface area contributed by atoms with E-state index < -0.39 is 6.61 Å². The van der Waals surface area contributed by atoms with Gasteiger partial charge in [0.05, 0.1) is 0 Å². The predicted molar refractivity (Wildman–Crippen MR) is 60.0 cm³/mol. The number of nitrogens with one attached hydrogen (secondary N) is 1. The third-order valence-corrected chi connectivity index (χ3v) is 2.79. The average molecular weight is 221 g/mol. The number of aromatic nitrogens is 1. The van der Waals surface area contributed by atoms with Crippen LogP contribution < -0.4 is 5.32 Å². The van der Waals surface area contributed by atoms with E-state index in [0.717, 1.165) is 23.5 Å². The number of fused-ring (bicyclic) bond motifs is 1. The molecule has 2 heterocycles. The highest BCUT2D eigenvalue weighted by Crippen LogP contribution is 2.19. The van der Waals surface area contributed by atoms with Gasteiger partial charge in [0.1, 0.15) is 12.4 Å². The molecule has 1 aliphatic rings. The van der Waals surface area contributed by atoms with E-state index in [4.69, 9.17) is 5.11 Å². The third-order valence-electron chi connectivity index (χ3n) is 2.79. The quantitative estimate of drug-likeness (QED) is 0.738. The van der Waals surface area contributed by atoms with Crippen molar-refractivity contribution in [2.24, 2.45) is 0 Å². The maximum atomic E-state index is 11.3. The van der Waals surface area contributed by atoms with E-state index >= 15 is 0 Å². The monoisotopic (exact) mass is 221 g/mol. The van der Waals surface area contributed by atoms with Crippen molar-refractivity contribution in [1.82, 2.24) is 9.88 Å². The molecule has 0 bridgehead atoms. The Labute approximate surface area is 94.1 Å². The zero-order valence-corrected chi connectivity index (χ0v) is 9.23. The van der Waals surface area contributed by atoms with E-state index in [1.165, 1.54) is 0 Å². The van der Waals surface area contributed by atoms with Crippen molar-refractivity contribution in [2.75, 3.05) is 25.5 Å². The molecule has 0 fully saturated rings. The number of amides is 1. The van der Waals surface area contributed by atoms with E-state index in [1.807, 2.05) is 19.2 Å². The van der Waals surface area contributed by atoms with E-state index in [-0.39, 0.29) is 5.91 Å². The largest absolute Gasteiger partial charge is 0.387 e. The summed E-state index contributed by atoms with van der Waals surface area (Å²) < 4.78 is 0. The summed E-state index contributed by atoms with van der Waals surface area (Å²) in [6, 6.07) is 3.87. The minimum absolute atomic E-state index is 0.219. The number of anilines is 1. The van der Waals surface area contributed by atoms with Crippen molar-refractivity contribution in [1.29, 1.82) is 0 Å². The second-order valence-corrected chi connectivity index (χ2v) is 3.78. The maximum absolute atomic E-state index is 11.3. The van der Waals surface area contributed by atoms with Gasteiger partial charge in [0, 0.05) is 32.3 Å². The van der Waals surface area contributed by atoms with Gasteiger partial charge >= 0.3 is 0 Å². The minimum Gasteiger partial charge on any atom is -0.387 e. The topological polar surface area (TPSA) is 65.5 Å². The fourth-order valence-corrected chi connectivity index (χ4v) is 1.87. The Morgan fingerprint density at radius 2 is 2.44 bits per heavy atom. The Morgan fingerprint density at radius 1 is 1.62 bits per heavy atom. The summed E-state index contributed by atoms with van der Waals surface area (Å²) in [5.41, 5.74) is 2.10. The number of pyridine rings is 1. The molecule has 2 N–H and O–H groups in total. The number of nitrogens with zero attached hydrogens (tertiary/aromatic N) is 2. The highest BCUT2D eigenvalue weighted by molar-refractivity contribution is 5.77. The normalized spacial score (nSPS) is 14.5. The Kier molecular flexibility index (Phi) is 3.05. The number of aliphatic hydroxyl groups excluding tert-OH is 1. The molecule has 0 unspecified atom stereocenters. The molecule has 1 aromatic rings. The second-order valence-electron chi connectivity index (χ2n) is 3.78. The molecule has 0 aliphatic carbocycles. The van der Waals surface area contributed by atoms with Gasteiger partial charge in [0.25, 0.3) is 0 Å². The van der Waals surface area contributed by atoms with E-state index in [1.54, 1.807) is 4.90 Å². The molecular weight excluding hydrogens is 206 g/mol. The van der Waals surface area contributed by atoms with Crippen LogP contribution in [0.3, 0.4) is 0 Å². The molecule has 0 atom stereocenters. The van der Waals surface area contributed by atoms with E-state index in [9.17, 15) is 4.79 Å². The molecule has 5 heteroatoms. The number of hydrogen-bond donors (Lipinski definition) is 2. The summed E-state index contributed by atoms with van der Waals surface area (Å²) in [7, 11) is 1.83. The maximum Gasteiger partial charge on any atom is 0.248 e. The third kappa shape index (κ3) is 1.99. The number of rotatable bonds is 2. The van der Waals surface area contributed by atoms with E-state index in [0.29, 0.717) is 13.1 Å². The van der Waals surface area contributed by atoms with Crippen LogP contribution in [0, 0.1) is 0 Å². The molecule has 1 aromatic heterocycles. The lowest BCUT2D eigenvalue weighted by Gasteiger charge is -2.27. The van der Waals surface area contributed by atoms with Crippen LogP contribution in [0.4, 0.5) is 5.82 Å². The van der Waals surface area contributed by atoms with Crippen LogP contribution >= 0.6 is 0 Å². The molecule has 0 aromatic carbocycles. The summed E-state index contributed by atoms with van der Waals surface area (Å²) in [6.45, 7) is 0.760. The Bertz CT molecular complexity index is 406. The van der Waals surface area contributed by atoms with E-state index in [2.05, 4.69) is 10.3 Å². The van der Waals surface area contributed by atoms with Crippen molar-refractivity contribution in [2.45, 2.75) is 13.0 Å². The molecule has 0 spiro atoms. The lowest BCUT2D eigenvalue weighted by Crippen LogP contribution is -2.37. The Morgan fingerprint density at radius 3 is 3.12 bits per heavy atom. The van der Waals surface area contributed by atoms with Crippen LogP contribution in [-0.4, -0.2) is 41.1 Å². The van der Waals surface area contributed by atoms with Crippen LogP contribution in [-0.2, 0) is 17.8 Å². The molecular formula is C11H15N3O2. The molecule has 1 aliphatic heterocycles. The van der Waals surface area contributed by atoms with Gasteiger partial charge in [-0.25, -0.2) is 4.98 Å². The zero-order valence-electron chi connectivity index (χ0n) is 9.23. The van der Waals surface area contributed by atoms with Crippen LogP contribution in [0.25, 0.3) is 0 Å². The summed E-state index contributed by atoms with van der Waals surface area (Å²) >= 11 is 0. The summed E-state index contributed by atoms with van der Waals surface area (Å²) in [5.74, 6) is 0.629. The molecule has 1 amide bonds. The molecule has 2 rings (SSSR count). The van der Waals surface area contributed by atoms with Crippen molar-refractivity contribution in [3.8, 4) is 0 Å². The number of hydrogen-bond acceptors (Lipinski definition) is 4. The molecule has 86 valence electrons. The lowest BCUT2D eigenvalue weighted by atomic mass is 10.1. The lowest BCUT2D eigenvalue weighted by molar-refractivity contribution is -0.135. The zero-order chi connectivity index (χ0) is 11.5. The van der Waals surface area contributed by atoms with Crippen LogP contribution in [0.15, 0.2) is 12.1 Å². The van der Waals surface area contributed by atoms with Gasteiger partial charge in [-0.1, -0.05) is 6.07 Å². The van der Waals surface area contributed by atoms with Crippen molar-refractivity contribution < 1.29 is 9.90 Å². The number of aliphatic hydroxyl groups is 1. The first-order chi connectivity index (χ1) is 7.74. The summed E-state index contributed by atoms with van der Waals surface area (Å²) in [6.07, 6.45) is 0.747. The SMILES string of the molecule is CNc1ccc2c(n1)CCN(C(=O)CO)C2. The number of carbonyl (C=O) groups is 1. The fraction of sp³-hybridized carbons (Fsp3) is 0.455. The number of carbonyl (C=O) groups excluding carboxylic acids is 1.